The molecule has 6 nitrogen and oxygen atoms in total. The predicted octanol–water partition coefficient (Wildman–Crippen LogP) is 2.75. The summed E-state index contributed by atoms with van der Waals surface area (Å²) >= 11 is 0. The van der Waals surface area contributed by atoms with E-state index < -0.39 is 6.04 Å². The SMILES string of the molecule is CCNC(=O)N(CC(=O)N1CCn2cccc2[C@H]1c1ccccc1F)C1CC1. The van der Waals surface area contributed by atoms with E-state index in [1.807, 2.05) is 25.3 Å². The Labute approximate surface area is 163 Å². The summed E-state index contributed by atoms with van der Waals surface area (Å²) in [6.07, 6.45) is 3.80. The van der Waals surface area contributed by atoms with Gasteiger partial charge in [-0.25, -0.2) is 9.18 Å². The van der Waals surface area contributed by atoms with Crippen LogP contribution in [0, 0.1) is 5.82 Å². The zero-order valence-corrected chi connectivity index (χ0v) is 16.0. The molecule has 1 atom stereocenters. The fourth-order valence-electron chi connectivity index (χ4n) is 3.92. The van der Waals surface area contributed by atoms with Crippen LogP contribution in [-0.4, -0.2) is 52.0 Å². The largest absolute Gasteiger partial charge is 0.348 e. The first-order valence-electron chi connectivity index (χ1n) is 9.83. The average Bonchev–Trinajstić information content (AvgIpc) is 3.41. The van der Waals surface area contributed by atoms with Crippen molar-refractivity contribution in [3.63, 3.8) is 0 Å². The third-order valence-electron chi connectivity index (χ3n) is 5.44. The van der Waals surface area contributed by atoms with Gasteiger partial charge in [0.2, 0.25) is 5.91 Å². The summed E-state index contributed by atoms with van der Waals surface area (Å²) in [7, 11) is 0. The molecular weight excluding hydrogens is 359 g/mol. The molecule has 1 saturated carbocycles. The Bertz CT molecular complexity index is 877. The van der Waals surface area contributed by atoms with Gasteiger partial charge in [0, 0.05) is 43.1 Å². The number of halogens is 1. The van der Waals surface area contributed by atoms with E-state index in [0.29, 0.717) is 25.2 Å². The van der Waals surface area contributed by atoms with E-state index in [0.717, 1.165) is 18.5 Å². The smallest absolute Gasteiger partial charge is 0.318 e. The van der Waals surface area contributed by atoms with Crippen LogP contribution in [0.1, 0.15) is 37.1 Å². The quantitative estimate of drug-likeness (QED) is 0.862. The molecule has 3 amide bonds. The number of hydrogen-bond donors (Lipinski definition) is 1. The number of nitrogens with zero attached hydrogens (tertiary/aromatic N) is 3. The molecule has 1 aromatic heterocycles. The summed E-state index contributed by atoms with van der Waals surface area (Å²) in [6.45, 7) is 3.53. The number of carbonyl (C=O) groups excluding carboxylic acids is 2. The number of carbonyl (C=O) groups is 2. The van der Waals surface area contributed by atoms with Crippen molar-refractivity contribution < 1.29 is 14.0 Å². The Hall–Kier alpha value is -2.83. The highest BCUT2D eigenvalue weighted by molar-refractivity contribution is 5.85. The summed E-state index contributed by atoms with van der Waals surface area (Å²) in [5, 5.41) is 2.79. The van der Waals surface area contributed by atoms with Gasteiger partial charge in [-0.1, -0.05) is 18.2 Å². The molecule has 148 valence electrons. The lowest BCUT2D eigenvalue weighted by Gasteiger charge is -2.38. The Morgan fingerprint density at radius 1 is 1.18 bits per heavy atom. The summed E-state index contributed by atoms with van der Waals surface area (Å²) < 4.78 is 16.7. The van der Waals surface area contributed by atoms with E-state index in [1.54, 1.807) is 28.0 Å². The number of fused-ring (bicyclic) bond motifs is 1. The fourth-order valence-corrected chi connectivity index (χ4v) is 3.92. The van der Waals surface area contributed by atoms with Crippen molar-refractivity contribution in [1.29, 1.82) is 0 Å². The van der Waals surface area contributed by atoms with E-state index in [2.05, 4.69) is 9.88 Å². The third-order valence-corrected chi connectivity index (χ3v) is 5.44. The second kappa shape index (κ2) is 7.66. The Morgan fingerprint density at radius 2 is 1.96 bits per heavy atom. The number of nitrogens with one attached hydrogen (secondary N) is 1. The highest BCUT2D eigenvalue weighted by Gasteiger charge is 2.38. The Kier molecular flexibility index (Phi) is 5.07. The molecule has 0 radical (unpaired) electrons. The van der Waals surface area contributed by atoms with Gasteiger partial charge in [0.25, 0.3) is 0 Å². The minimum atomic E-state index is -0.493. The van der Waals surface area contributed by atoms with Crippen LogP contribution in [0.15, 0.2) is 42.6 Å². The maximum atomic E-state index is 14.6. The molecule has 1 aliphatic heterocycles. The maximum Gasteiger partial charge on any atom is 0.318 e. The molecule has 0 bridgehead atoms. The van der Waals surface area contributed by atoms with Crippen molar-refractivity contribution >= 4 is 11.9 Å². The van der Waals surface area contributed by atoms with Gasteiger partial charge < -0.3 is 19.7 Å². The molecule has 1 fully saturated rings. The van der Waals surface area contributed by atoms with E-state index in [4.69, 9.17) is 0 Å². The van der Waals surface area contributed by atoms with Gasteiger partial charge in [-0.3, -0.25) is 4.79 Å². The molecule has 0 saturated heterocycles. The highest BCUT2D eigenvalue weighted by Crippen LogP contribution is 2.34. The third kappa shape index (κ3) is 3.48. The minimum Gasteiger partial charge on any atom is -0.348 e. The molecule has 4 rings (SSSR count). The number of aromatic nitrogens is 1. The highest BCUT2D eigenvalue weighted by atomic mass is 19.1. The number of urea groups is 1. The van der Waals surface area contributed by atoms with Crippen LogP contribution < -0.4 is 5.32 Å². The van der Waals surface area contributed by atoms with Gasteiger partial charge in [-0.2, -0.15) is 0 Å². The molecule has 7 heteroatoms. The molecule has 2 aromatic rings. The zero-order valence-electron chi connectivity index (χ0n) is 16.0. The lowest BCUT2D eigenvalue weighted by Crippen LogP contribution is -2.50. The molecule has 28 heavy (non-hydrogen) atoms. The lowest BCUT2D eigenvalue weighted by atomic mass is 9.99. The first kappa shape index (κ1) is 18.5. The van der Waals surface area contributed by atoms with Crippen molar-refractivity contribution in [2.45, 2.75) is 38.4 Å². The van der Waals surface area contributed by atoms with Crippen molar-refractivity contribution in [2.24, 2.45) is 0 Å². The molecule has 1 N–H and O–H groups in total. The second-order valence-electron chi connectivity index (χ2n) is 7.33. The van der Waals surface area contributed by atoms with Crippen LogP contribution in [0.3, 0.4) is 0 Å². The lowest BCUT2D eigenvalue weighted by molar-refractivity contribution is -0.134. The topological polar surface area (TPSA) is 57.6 Å². The van der Waals surface area contributed by atoms with Crippen LogP contribution >= 0.6 is 0 Å². The zero-order chi connectivity index (χ0) is 19.7. The monoisotopic (exact) mass is 384 g/mol. The van der Waals surface area contributed by atoms with Gasteiger partial charge >= 0.3 is 6.03 Å². The Balaban J connectivity index is 1.62. The first-order chi connectivity index (χ1) is 13.6. The molecule has 1 aliphatic carbocycles. The van der Waals surface area contributed by atoms with Crippen molar-refractivity contribution in [3.05, 3.63) is 59.7 Å². The van der Waals surface area contributed by atoms with Crippen LogP contribution in [0.25, 0.3) is 0 Å². The maximum absolute atomic E-state index is 14.6. The van der Waals surface area contributed by atoms with Gasteiger partial charge in [-0.05, 0) is 38.0 Å². The summed E-state index contributed by atoms with van der Waals surface area (Å²) in [5.41, 5.74) is 1.37. The fraction of sp³-hybridized carbons (Fsp3) is 0.429. The van der Waals surface area contributed by atoms with Crippen LogP contribution in [-0.2, 0) is 11.3 Å². The molecule has 1 aromatic carbocycles. The van der Waals surface area contributed by atoms with Crippen molar-refractivity contribution in [1.82, 2.24) is 19.7 Å². The molecular formula is C21H25FN4O2. The van der Waals surface area contributed by atoms with Gasteiger partial charge in [0.1, 0.15) is 18.4 Å². The summed E-state index contributed by atoms with van der Waals surface area (Å²) in [6, 6.07) is 9.85. The number of benzene rings is 1. The normalized spacial score (nSPS) is 18.5. The molecule has 2 heterocycles. The van der Waals surface area contributed by atoms with Gasteiger partial charge in [0.15, 0.2) is 0 Å². The predicted molar refractivity (Wildman–Crippen MR) is 103 cm³/mol. The molecule has 2 aliphatic rings. The van der Waals surface area contributed by atoms with Crippen LogP contribution in [0.2, 0.25) is 0 Å². The van der Waals surface area contributed by atoms with Crippen LogP contribution in [0.5, 0.6) is 0 Å². The summed E-state index contributed by atoms with van der Waals surface area (Å²) in [4.78, 5) is 29.0. The molecule has 0 spiro atoms. The number of amides is 3. The second-order valence-corrected chi connectivity index (χ2v) is 7.33. The van der Waals surface area contributed by atoms with Crippen molar-refractivity contribution in [2.75, 3.05) is 19.6 Å². The van der Waals surface area contributed by atoms with E-state index in [1.165, 1.54) is 6.07 Å². The Morgan fingerprint density at radius 3 is 2.68 bits per heavy atom. The average molecular weight is 384 g/mol. The number of rotatable bonds is 5. The van der Waals surface area contributed by atoms with Crippen LogP contribution in [0.4, 0.5) is 9.18 Å². The van der Waals surface area contributed by atoms with Gasteiger partial charge in [0.05, 0.1) is 0 Å². The first-order valence-corrected chi connectivity index (χ1v) is 9.83. The number of hydrogen-bond acceptors (Lipinski definition) is 2. The molecule has 0 unspecified atom stereocenters. The standard InChI is InChI=1S/C21H25FN4O2/c1-2-23-21(28)26(15-9-10-15)14-19(27)25-13-12-24-11-5-8-18(24)20(25)16-6-3-4-7-17(16)22/h3-8,11,15,20H,2,9-10,12-14H2,1H3,(H,23,28)/t20-/m1/s1. The van der Waals surface area contributed by atoms with E-state index in [-0.39, 0.29) is 30.3 Å². The van der Waals surface area contributed by atoms with E-state index >= 15 is 0 Å². The summed E-state index contributed by atoms with van der Waals surface area (Å²) in [5.74, 6) is -0.485. The minimum absolute atomic E-state index is 0.0160. The van der Waals surface area contributed by atoms with Gasteiger partial charge in [-0.15, -0.1) is 0 Å². The van der Waals surface area contributed by atoms with E-state index in [9.17, 15) is 14.0 Å². The van der Waals surface area contributed by atoms with Crippen molar-refractivity contribution in [3.8, 4) is 0 Å².